The standard InChI is InChI=1S/C13H18O2/c1-10(8-11(2)14)9-12-4-6-13(15-3)7-5-12/h4-7,10H,8-9H2,1-3H3. The summed E-state index contributed by atoms with van der Waals surface area (Å²) in [4.78, 5) is 10.9. The molecule has 0 bridgehead atoms. The first-order valence-corrected chi connectivity index (χ1v) is 5.24. The van der Waals surface area contributed by atoms with Crippen LogP contribution in [0.25, 0.3) is 0 Å². The van der Waals surface area contributed by atoms with Crippen molar-refractivity contribution >= 4 is 5.78 Å². The van der Waals surface area contributed by atoms with E-state index in [1.54, 1.807) is 14.0 Å². The van der Waals surface area contributed by atoms with Gasteiger partial charge in [0.25, 0.3) is 0 Å². The van der Waals surface area contributed by atoms with Gasteiger partial charge in [-0.15, -0.1) is 0 Å². The number of carbonyl (C=O) groups is 1. The molecule has 0 heterocycles. The maximum absolute atomic E-state index is 10.9. The molecule has 0 saturated heterocycles. The van der Waals surface area contributed by atoms with Crippen molar-refractivity contribution in [1.82, 2.24) is 0 Å². The summed E-state index contributed by atoms with van der Waals surface area (Å²) < 4.78 is 5.08. The molecule has 1 aromatic rings. The van der Waals surface area contributed by atoms with E-state index in [-0.39, 0.29) is 5.78 Å². The molecule has 1 atom stereocenters. The lowest BCUT2D eigenvalue weighted by Gasteiger charge is -2.09. The number of benzene rings is 1. The average Bonchev–Trinajstić information content (AvgIpc) is 2.17. The molecule has 1 aromatic carbocycles. The molecule has 0 spiro atoms. The van der Waals surface area contributed by atoms with Gasteiger partial charge < -0.3 is 9.53 Å². The van der Waals surface area contributed by atoms with E-state index in [0.717, 1.165) is 12.2 Å². The molecule has 0 amide bonds. The Morgan fingerprint density at radius 1 is 1.33 bits per heavy atom. The molecule has 82 valence electrons. The minimum atomic E-state index is 0.260. The molecular weight excluding hydrogens is 188 g/mol. The number of methoxy groups -OCH3 is 1. The maximum atomic E-state index is 10.9. The van der Waals surface area contributed by atoms with Crippen molar-refractivity contribution in [2.75, 3.05) is 7.11 Å². The summed E-state index contributed by atoms with van der Waals surface area (Å²) in [7, 11) is 1.66. The first-order valence-electron chi connectivity index (χ1n) is 5.24. The van der Waals surface area contributed by atoms with E-state index in [0.29, 0.717) is 12.3 Å². The van der Waals surface area contributed by atoms with Crippen molar-refractivity contribution < 1.29 is 9.53 Å². The maximum Gasteiger partial charge on any atom is 0.130 e. The van der Waals surface area contributed by atoms with Gasteiger partial charge in [-0.1, -0.05) is 19.1 Å². The lowest BCUT2D eigenvalue weighted by Crippen LogP contribution is -2.04. The van der Waals surface area contributed by atoms with Crippen LogP contribution >= 0.6 is 0 Å². The highest BCUT2D eigenvalue weighted by Gasteiger charge is 2.06. The quantitative estimate of drug-likeness (QED) is 0.740. The van der Waals surface area contributed by atoms with Crippen LogP contribution in [0.15, 0.2) is 24.3 Å². The van der Waals surface area contributed by atoms with Gasteiger partial charge in [-0.25, -0.2) is 0 Å². The summed E-state index contributed by atoms with van der Waals surface area (Å²) in [5.74, 6) is 1.55. The minimum absolute atomic E-state index is 0.260. The van der Waals surface area contributed by atoms with Crippen LogP contribution in [0.5, 0.6) is 5.75 Å². The molecule has 0 aliphatic rings. The number of carbonyl (C=O) groups excluding carboxylic acids is 1. The Balaban J connectivity index is 2.53. The third kappa shape index (κ3) is 4.15. The number of rotatable bonds is 5. The lowest BCUT2D eigenvalue weighted by atomic mass is 9.96. The Labute approximate surface area is 91.3 Å². The van der Waals surface area contributed by atoms with Crippen molar-refractivity contribution in [2.24, 2.45) is 5.92 Å². The van der Waals surface area contributed by atoms with E-state index in [2.05, 4.69) is 19.1 Å². The number of hydrogen-bond acceptors (Lipinski definition) is 2. The van der Waals surface area contributed by atoms with Crippen molar-refractivity contribution in [2.45, 2.75) is 26.7 Å². The Hall–Kier alpha value is -1.31. The normalized spacial score (nSPS) is 12.2. The molecule has 0 radical (unpaired) electrons. The Kier molecular flexibility index (Phi) is 4.35. The summed E-state index contributed by atoms with van der Waals surface area (Å²) >= 11 is 0. The zero-order chi connectivity index (χ0) is 11.3. The predicted octanol–water partition coefficient (Wildman–Crippen LogP) is 2.85. The summed E-state index contributed by atoms with van der Waals surface area (Å²) in [6.45, 7) is 3.75. The largest absolute Gasteiger partial charge is 0.497 e. The second kappa shape index (κ2) is 5.54. The van der Waals surface area contributed by atoms with Crippen molar-refractivity contribution in [1.29, 1.82) is 0 Å². The van der Waals surface area contributed by atoms with Gasteiger partial charge in [-0.05, 0) is 37.0 Å². The van der Waals surface area contributed by atoms with Gasteiger partial charge in [0.2, 0.25) is 0 Å². The first-order chi connectivity index (χ1) is 7.11. The fourth-order valence-corrected chi connectivity index (χ4v) is 1.73. The van der Waals surface area contributed by atoms with E-state index < -0.39 is 0 Å². The fraction of sp³-hybridized carbons (Fsp3) is 0.462. The number of ether oxygens (including phenoxy) is 1. The van der Waals surface area contributed by atoms with Crippen LogP contribution in [0.2, 0.25) is 0 Å². The third-order valence-corrected chi connectivity index (χ3v) is 2.38. The Bertz CT molecular complexity index is 314. The van der Waals surface area contributed by atoms with E-state index in [9.17, 15) is 4.79 Å². The molecule has 2 heteroatoms. The van der Waals surface area contributed by atoms with Crippen molar-refractivity contribution in [3.63, 3.8) is 0 Å². The highest BCUT2D eigenvalue weighted by molar-refractivity contribution is 5.75. The summed E-state index contributed by atoms with van der Waals surface area (Å²) in [5, 5.41) is 0. The second-order valence-electron chi connectivity index (χ2n) is 4.06. The molecule has 15 heavy (non-hydrogen) atoms. The molecule has 2 nitrogen and oxygen atoms in total. The van der Waals surface area contributed by atoms with Crippen LogP contribution < -0.4 is 4.74 Å². The van der Waals surface area contributed by atoms with Crippen LogP contribution in [0, 0.1) is 5.92 Å². The molecule has 0 aliphatic heterocycles. The molecule has 0 aliphatic carbocycles. The molecule has 0 N–H and O–H groups in total. The molecule has 0 fully saturated rings. The smallest absolute Gasteiger partial charge is 0.130 e. The number of hydrogen-bond donors (Lipinski definition) is 0. The van der Waals surface area contributed by atoms with Crippen molar-refractivity contribution in [3.8, 4) is 5.75 Å². The molecule has 1 unspecified atom stereocenters. The van der Waals surface area contributed by atoms with Crippen LogP contribution in [0.3, 0.4) is 0 Å². The van der Waals surface area contributed by atoms with Crippen LogP contribution in [-0.4, -0.2) is 12.9 Å². The molecular formula is C13H18O2. The van der Waals surface area contributed by atoms with E-state index in [1.807, 2.05) is 12.1 Å². The van der Waals surface area contributed by atoms with Gasteiger partial charge in [0.05, 0.1) is 7.11 Å². The third-order valence-electron chi connectivity index (χ3n) is 2.38. The van der Waals surface area contributed by atoms with Gasteiger partial charge in [-0.3, -0.25) is 0 Å². The molecule has 0 aromatic heterocycles. The summed E-state index contributed by atoms with van der Waals surface area (Å²) in [6, 6.07) is 8.01. The highest BCUT2D eigenvalue weighted by atomic mass is 16.5. The van der Waals surface area contributed by atoms with Gasteiger partial charge in [0.1, 0.15) is 11.5 Å². The Morgan fingerprint density at radius 3 is 2.40 bits per heavy atom. The minimum Gasteiger partial charge on any atom is -0.497 e. The van der Waals surface area contributed by atoms with E-state index in [4.69, 9.17) is 4.74 Å². The van der Waals surface area contributed by atoms with E-state index >= 15 is 0 Å². The zero-order valence-corrected chi connectivity index (χ0v) is 9.62. The van der Waals surface area contributed by atoms with Crippen LogP contribution in [-0.2, 0) is 11.2 Å². The fourth-order valence-electron chi connectivity index (χ4n) is 1.73. The van der Waals surface area contributed by atoms with Gasteiger partial charge in [0.15, 0.2) is 0 Å². The van der Waals surface area contributed by atoms with E-state index in [1.165, 1.54) is 5.56 Å². The Morgan fingerprint density at radius 2 is 1.93 bits per heavy atom. The van der Waals surface area contributed by atoms with Gasteiger partial charge in [0, 0.05) is 6.42 Å². The second-order valence-corrected chi connectivity index (χ2v) is 4.06. The topological polar surface area (TPSA) is 26.3 Å². The summed E-state index contributed by atoms with van der Waals surface area (Å²) in [5.41, 5.74) is 1.25. The number of ketones is 1. The highest BCUT2D eigenvalue weighted by Crippen LogP contribution is 2.16. The SMILES string of the molecule is COc1ccc(CC(C)CC(C)=O)cc1. The van der Waals surface area contributed by atoms with Crippen LogP contribution in [0.4, 0.5) is 0 Å². The first kappa shape index (κ1) is 11.8. The zero-order valence-electron chi connectivity index (χ0n) is 9.62. The predicted molar refractivity (Wildman–Crippen MR) is 61.2 cm³/mol. The average molecular weight is 206 g/mol. The molecule has 0 saturated carbocycles. The lowest BCUT2D eigenvalue weighted by molar-refractivity contribution is -0.117. The van der Waals surface area contributed by atoms with Gasteiger partial charge >= 0.3 is 0 Å². The van der Waals surface area contributed by atoms with Crippen LogP contribution in [0.1, 0.15) is 25.8 Å². The summed E-state index contributed by atoms with van der Waals surface area (Å²) in [6.07, 6.45) is 1.61. The molecule has 1 rings (SSSR count). The van der Waals surface area contributed by atoms with Gasteiger partial charge in [-0.2, -0.15) is 0 Å². The monoisotopic (exact) mass is 206 g/mol. The number of Topliss-reactive ketones (excluding diaryl/α,β-unsaturated/α-hetero) is 1. The van der Waals surface area contributed by atoms with Crippen molar-refractivity contribution in [3.05, 3.63) is 29.8 Å².